The van der Waals surface area contributed by atoms with E-state index in [0.29, 0.717) is 63.2 Å². The predicted octanol–water partition coefficient (Wildman–Crippen LogP) is 6.33. The van der Waals surface area contributed by atoms with Gasteiger partial charge in [-0.2, -0.15) is 5.26 Å². The van der Waals surface area contributed by atoms with Crippen LogP contribution in [0, 0.1) is 23.0 Å². The number of ether oxygens (including phenoxy) is 2. The van der Waals surface area contributed by atoms with E-state index in [1.165, 1.54) is 30.7 Å². The van der Waals surface area contributed by atoms with Crippen LogP contribution in [0.25, 0.3) is 43.7 Å². The number of nitriles is 1. The summed E-state index contributed by atoms with van der Waals surface area (Å²) in [5.41, 5.74) is 4.58. The van der Waals surface area contributed by atoms with E-state index in [4.69, 9.17) is 19.4 Å². The SMILES string of the molecule is C=CC(=O)N1CCc2ncc(-c3nc(-c4cncc(C#N)c4)c4ccsc4c3-c3c(F)cc(F)cc3OCCOC)cc2C1. The molecule has 0 saturated carbocycles. The van der Waals surface area contributed by atoms with Gasteiger partial charge in [0.05, 0.1) is 29.1 Å². The summed E-state index contributed by atoms with van der Waals surface area (Å²) in [5, 5.41) is 12.1. The van der Waals surface area contributed by atoms with Gasteiger partial charge < -0.3 is 14.4 Å². The summed E-state index contributed by atoms with van der Waals surface area (Å²) >= 11 is 1.37. The number of methoxy groups -OCH3 is 1. The van der Waals surface area contributed by atoms with Crippen molar-refractivity contribution in [2.24, 2.45) is 0 Å². The smallest absolute Gasteiger partial charge is 0.246 e. The van der Waals surface area contributed by atoms with Crippen molar-refractivity contribution >= 4 is 27.3 Å². The number of halogens is 2. The summed E-state index contributed by atoms with van der Waals surface area (Å²) in [5.74, 6) is -1.77. The van der Waals surface area contributed by atoms with Crippen molar-refractivity contribution in [3.05, 3.63) is 95.4 Å². The Balaban J connectivity index is 1.64. The fourth-order valence-corrected chi connectivity index (χ4v) is 6.28. The van der Waals surface area contributed by atoms with Gasteiger partial charge in [-0.15, -0.1) is 11.3 Å². The molecule has 0 radical (unpaired) electrons. The highest BCUT2D eigenvalue weighted by molar-refractivity contribution is 7.18. The van der Waals surface area contributed by atoms with Crippen molar-refractivity contribution in [1.29, 1.82) is 5.26 Å². The summed E-state index contributed by atoms with van der Waals surface area (Å²) in [4.78, 5) is 28.1. The molecule has 11 heteroatoms. The van der Waals surface area contributed by atoms with Gasteiger partial charge in [0.15, 0.2) is 0 Å². The van der Waals surface area contributed by atoms with Gasteiger partial charge in [0, 0.05) is 89.8 Å². The third kappa shape index (κ3) is 5.41. The fourth-order valence-electron chi connectivity index (χ4n) is 5.33. The first-order chi connectivity index (χ1) is 21.4. The summed E-state index contributed by atoms with van der Waals surface area (Å²) in [6, 6.07) is 9.54. The molecule has 220 valence electrons. The van der Waals surface area contributed by atoms with Gasteiger partial charge in [-0.25, -0.2) is 13.8 Å². The topological polar surface area (TPSA) is 101 Å². The highest BCUT2D eigenvalue weighted by Gasteiger charge is 2.27. The number of pyridine rings is 3. The van der Waals surface area contributed by atoms with Gasteiger partial charge in [0.25, 0.3) is 0 Å². The number of benzene rings is 1. The minimum atomic E-state index is -0.815. The molecule has 5 aromatic rings. The Bertz CT molecular complexity index is 1970. The van der Waals surface area contributed by atoms with Crippen LogP contribution in [0.5, 0.6) is 5.75 Å². The molecule has 6 rings (SSSR count). The van der Waals surface area contributed by atoms with Crippen LogP contribution >= 0.6 is 11.3 Å². The van der Waals surface area contributed by atoms with Crippen LogP contribution < -0.4 is 4.74 Å². The number of carbonyl (C=O) groups excluding carboxylic acids is 1. The molecule has 0 atom stereocenters. The molecule has 1 aliphatic heterocycles. The lowest BCUT2D eigenvalue weighted by Gasteiger charge is -2.27. The standard InChI is InChI=1S/C33H25F2N5O3S/c1-3-28(41)40-6-4-26-22(18-40)11-21(17-38-26)32-30(29-25(35)12-23(34)13-27(29)43-8-7-42-2)33-24(5-9-44-33)31(39-32)20-10-19(14-36)15-37-16-20/h3,5,9-13,15-17H,1,4,6-8,18H2,2H3. The normalized spacial score (nSPS) is 12.5. The van der Waals surface area contributed by atoms with Crippen molar-refractivity contribution < 1.29 is 23.0 Å². The molecule has 5 heterocycles. The summed E-state index contributed by atoms with van der Waals surface area (Å²) < 4.78 is 42.1. The molecule has 44 heavy (non-hydrogen) atoms. The zero-order valence-electron chi connectivity index (χ0n) is 23.6. The van der Waals surface area contributed by atoms with E-state index in [-0.39, 0.29) is 30.4 Å². The molecule has 1 aliphatic rings. The predicted molar refractivity (Wildman–Crippen MR) is 163 cm³/mol. The van der Waals surface area contributed by atoms with Gasteiger partial charge in [-0.05, 0) is 35.2 Å². The molecule has 0 spiro atoms. The van der Waals surface area contributed by atoms with Gasteiger partial charge in [0.2, 0.25) is 5.91 Å². The number of nitrogens with zero attached hydrogens (tertiary/aromatic N) is 5. The monoisotopic (exact) mass is 609 g/mol. The number of hydrogen-bond acceptors (Lipinski definition) is 8. The maximum absolute atomic E-state index is 15.9. The molecule has 0 saturated heterocycles. The molecule has 1 amide bonds. The average Bonchev–Trinajstić information content (AvgIpc) is 3.53. The lowest BCUT2D eigenvalue weighted by atomic mass is 9.94. The van der Waals surface area contributed by atoms with Crippen LogP contribution in [-0.2, 0) is 22.5 Å². The first-order valence-electron chi connectivity index (χ1n) is 13.7. The highest BCUT2D eigenvalue weighted by atomic mass is 32.1. The van der Waals surface area contributed by atoms with Crippen molar-refractivity contribution in [3.8, 4) is 45.5 Å². The van der Waals surface area contributed by atoms with Crippen LogP contribution in [0.15, 0.2) is 67.0 Å². The second-order valence-electron chi connectivity index (χ2n) is 10.1. The van der Waals surface area contributed by atoms with E-state index in [0.717, 1.165) is 23.4 Å². The minimum Gasteiger partial charge on any atom is -0.490 e. The zero-order valence-corrected chi connectivity index (χ0v) is 24.5. The van der Waals surface area contributed by atoms with E-state index in [9.17, 15) is 14.4 Å². The first kappa shape index (κ1) is 29.0. The lowest BCUT2D eigenvalue weighted by Crippen LogP contribution is -2.35. The molecular weight excluding hydrogens is 584 g/mol. The Morgan fingerprint density at radius 1 is 1.14 bits per heavy atom. The number of rotatable bonds is 8. The molecule has 0 N–H and O–H groups in total. The van der Waals surface area contributed by atoms with Gasteiger partial charge in [-0.1, -0.05) is 6.58 Å². The van der Waals surface area contributed by atoms with Gasteiger partial charge in [0.1, 0.15) is 30.1 Å². The minimum absolute atomic E-state index is 0.00636. The molecule has 0 fully saturated rings. The van der Waals surface area contributed by atoms with Crippen LogP contribution in [-0.4, -0.2) is 52.6 Å². The van der Waals surface area contributed by atoms with Crippen LogP contribution in [0.3, 0.4) is 0 Å². The average molecular weight is 610 g/mol. The first-order valence-corrected chi connectivity index (χ1v) is 14.6. The number of fused-ring (bicyclic) bond motifs is 2. The zero-order chi connectivity index (χ0) is 30.8. The van der Waals surface area contributed by atoms with Crippen molar-refractivity contribution in [1.82, 2.24) is 19.9 Å². The molecule has 0 bridgehead atoms. The van der Waals surface area contributed by atoms with Crippen molar-refractivity contribution in [3.63, 3.8) is 0 Å². The van der Waals surface area contributed by atoms with Crippen molar-refractivity contribution in [2.45, 2.75) is 13.0 Å². The van der Waals surface area contributed by atoms with Crippen LogP contribution in [0.2, 0.25) is 0 Å². The number of thiophene rings is 1. The number of aromatic nitrogens is 3. The van der Waals surface area contributed by atoms with E-state index in [2.05, 4.69) is 17.6 Å². The Labute approximate surface area is 255 Å². The van der Waals surface area contributed by atoms with E-state index in [1.54, 1.807) is 23.4 Å². The summed E-state index contributed by atoms with van der Waals surface area (Å²) in [7, 11) is 1.51. The van der Waals surface area contributed by atoms with E-state index >= 15 is 4.39 Å². The number of hydrogen-bond donors (Lipinski definition) is 0. The lowest BCUT2D eigenvalue weighted by molar-refractivity contribution is -0.126. The maximum atomic E-state index is 15.9. The number of amides is 1. The molecule has 1 aromatic carbocycles. The molecule has 4 aromatic heterocycles. The quantitative estimate of drug-likeness (QED) is 0.150. The molecule has 8 nitrogen and oxygen atoms in total. The molecule has 0 unspecified atom stereocenters. The van der Waals surface area contributed by atoms with Crippen LogP contribution in [0.1, 0.15) is 16.8 Å². The second-order valence-corrected chi connectivity index (χ2v) is 11.0. The Hall–Kier alpha value is -5.05. The fraction of sp³-hybridized carbons (Fsp3) is 0.182. The Morgan fingerprint density at radius 2 is 1.98 bits per heavy atom. The molecule has 0 aliphatic carbocycles. The maximum Gasteiger partial charge on any atom is 0.246 e. The largest absolute Gasteiger partial charge is 0.490 e. The van der Waals surface area contributed by atoms with Crippen molar-refractivity contribution in [2.75, 3.05) is 26.9 Å². The molecular formula is C33H25F2N5O3S. The second kappa shape index (κ2) is 12.3. The van der Waals surface area contributed by atoms with Gasteiger partial charge in [-0.3, -0.25) is 14.8 Å². The Morgan fingerprint density at radius 3 is 2.77 bits per heavy atom. The Kier molecular flexibility index (Phi) is 8.11. The highest BCUT2D eigenvalue weighted by Crippen LogP contribution is 2.47. The van der Waals surface area contributed by atoms with Gasteiger partial charge >= 0.3 is 0 Å². The van der Waals surface area contributed by atoms with E-state index in [1.807, 2.05) is 17.5 Å². The summed E-state index contributed by atoms with van der Waals surface area (Å²) in [6.07, 6.45) is 6.61. The third-order valence-corrected chi connectivity index (χ3v) is 8.29. The number of carbonyl (C=O) groups is 1. The van der Waals surface area contributed by atoms with Crippen LogP contribution in [0.4, 0.5) is 8.78 Å². The summed E-state index contributed by atoms with van der Waals surface area (Å²) in [6.45, 7) is 4.74. The third-order valence-electron chi connectivity index (χ3n) is 7.36. The van der Waals surface area contributed by atoms with E-state index < -0.39 is 11.6 Å².